The van der Waals surface area contributed by atoms with Crippen molar-refractivity contribution in [2.24, 2.45) is 0 Å². The zero-order valence-corrected chi connectivity index (χ0v) is 15.8. The average Bonchev–Trinajstić information content (AvgIpc) is 2.62. The van der Waals surface area contributed by atoms with Crippen LogP contribution >= 0.6 is 0 Å². The van der Waals surface area contributed by atoms with Gasteiger partial charge in [-0.1, -0.05) is 18.2 Å². The number of anilines is 1. The van der Waals surface area contributed by atoms with Crippen LogP contribution in [0.1, 0.15) is 11.1 Å². The molecule has 0 aliphatic carbocycles. The van der Waals surface area contributed by atoms with E-state index in [4.69, 9.17) is 0 Å². The molecule has 0 heterocycles. The molecule has 0 saturated carbocycles. The van der Waals surface area contributed by atoms with Gasteiger partial charge < -0.3 is 9.84 Å². The number of carbonyl (C=O) groups excluding carboxylic acids is 1. The zero-order valence-electron chi connectivity index (χ0n) is 15.0. The Bertz CT molecular complexity index is 1040. The highest BCUT2D eigenvalue weighted by Crippen LogP contribution is 2.50. The van der Waals surface area contributed by atoms with Gasteiger partial charge in [-0.05, 0) is 29.8 Å². The Labute approximate surface area is 170 Å². The van der Waals surface area contributed by atoms with Crippen LogP contribution in [0.2, 0.25) is 0 Å². The second kappa shape index (κ2) is 8.34. The first-order valence-electron chi connectivity index (χ1n) is 7.96. The molecule has 170 valence electrons. The van der Waals surface area contributed by atoms with Gasteiger partial charge in [-0.25, -0.2) is 12.8 Å². The van der Waals surface area contributed by atoms with Gasteiger partial charge in [0, 0.05) is 5.56 Å². The van der Waals surface area contributed by atoms with Crippen molar-refractivity contribution in [3.63, 3.8) is 0 Å². The van der Waals surface area contributed by atoms with Crippen molar-refractivity contribution < 1.29 is 53.8 Å². The first kappa shape index (κ1) is 24.4. The number of ether oxygens (including phenoxy) is 1. The van der Waals surface area contributed by atoms with E-state index in [1.807, 2.05) is 0 Å². The van der Waals surface area contributed by atoms with Gasteiger partial charge in [0.2, 0.25) is 10.0 Å². The van der Waals surface area contributed by atoms with Gasteiger partial charge in [-0.15, -0.1) is 0 Å². The van der Waals surface area contributed by atoms with Crippen molar-refractivity contribution >= 4 is 22.2 Å². The van der Waals surface area contributed by atoms with Gasteiger partial charge in [0.15, 0.2) is 0 Å². The molecule has 0 amide bonds. The van der Waals surface area contributed by atoms with Crippen LogP contribution in [0.15, 0.2) is 42.5 Å². The third-order valence-electron chi connectivity index (χ3n) is 3.94. The Balaban J connectivity index is 2.29. The van der Waals surface area contributed by atoms with Crippen LogP contribution in [0, 0.1) is 5.82 Å². The molecule has 0 aliphatic rings. The maximum Gasteiger partial charge on any atom is 0.430 e. The molecule has 0 aliphatic heterocycles. The Morgan fingerprint density at radius 1 is 0.968 bits per heavy atom. The highest BCUT2D eigenvalue weighted by Gasteiger charge is 2.71. The Morgan fingerprint density at radius 3 is 1.97 bits per heavy atom. The fraction of sp³-hybridized carbons (Fsp3) is 0.235. The summed E-state index contributed by atoms with van der Waals surface area (Å²) in [5.41, 5.74) is -8.02. The molecule has 0 bridgehead atoms. The second-order valence-electron chi connectivity index (χ2n) is 6.12. The van der Waals surface area contributed by atoms with Crippen molar-refractivity contribution in [1.82, 2.24) is 0 Å². The standard InChI is InChI=1S/C17H12F7NO5S/c18-13-7-11(15(27,16(19,20)21)17(22,23)24)3-6-14(13)25-31(28,29)8-10-1-4-12(5-2-10)30-9-26/h1-7,9,25,27H,8H2. The molecule has 2 rings (SSSR count). The number of carbonyl (C=O) groups is 1. The van der Waals surface area contributed by atoms with E-state index in [1.54, 1.807) is 4.72 Å². The van der Waals surface area contributed by atoms with Crippen molar-refractivity contribution in [1.29, 1.82) is 0 Å². The van der Waals surface area contributed by atoms with Gasteiger partial charge in [0.1, 0.15) is 11.6 Å². The van der Waals surface area contributed by atoms with Gasteiger partial charge in [0.05, 0.1) is 11.4 Å². The number of rotatable bonds is 7. The van der Waals surface area contributed by atoms with Crippen LogP contribution in [0.25, 0.3) is 0 Å². The van der Waals surface area contributed by atoms with Crippen LogP contribution in [-0.4, -0.2) is 32.3 Å². The van der Waals surface area contributed by atoms with Crippen molar-refractivity contribution in [3.05, 3.63) is 59.4 Å². The number of alkyl halides is 6. The maximum atomic E-state index is 14.1. The Kier molecular flexibility index (Phi) is 6.56. The number of benzene rings is 2. The summed E-state index contributed by atoms with van der Waals surface area (Å²) in [7, 11) is -4.35. The molecule has 0 radical (unpaired) electrons. The first-order valence-corrected chi connectivity index (χ1v) is 9.61. The molecule has 0 atom stereocenters. The Hall–Kier alpha value is -2.87. The molecule has 0 aromatic heterocycles. The van der Waals surface area contributed by atoms with Gasteiger partial charge in [0.25, 0.3) is 12.1 Å². The van der Waals surface area contributed by atoms with E-state index in [2.05, 4.69) is 4.74 Å². The normalized spacial score (nSPS) is 13.0. The maximum absolute atomic E-state index is 14.1. The largest absolute Gasteiger partial charge is 0.430 e. The number of aliphatic hydroxyl groups is 1. The van der Waals surface area contributed by atoms with Crippen LogP contribution < -0.4 is 9.46 Å². The molecule has 6 nitrogen and oxygen atoms in total. The summed E-state index contributed by atoms with van der Waals surface area (Å²) in [4.78, 5) is 10.2. The second-order valence-corrected chi connectivity index (χ2v) is 7.84. The highest BCUT2D eigenvalue weighted by atomic mass is 32.2. The average molecular weight is 475 g/mol. The summed E-state index contributed by atoms with van der Waals surface area (Å²) < 4.78 is 122. The molecule has 2 aromatic rings. The molecule has 2 N–H and O–H groups in total. The lowest BCUT2D eigenvalue weighted by Gasteiger charge is -2.32. The van der Waals surface area contributed by atoms with E-state index in [1.165, 1.54) is 24.3 Å². The first-order chi connectivity index (χ1) is 14.1. The summed E-state index contributed by atoms with van der Waals surface area (Å²) >= 11 is 0. The van der Waals surface area contributed by atoms with Gasteiger partial charge in [-0.3, -0.25) is 9.52 Å². The highest BCUT2D eigenvalue weighted by molar-refractivity contribution is 7.91. The predicted octanol–water partition coefficient (Wildman–Crippen LogP) is 3.62. The fourth-order valence-corrected chi connectivity index (χ4v) is 3.66. The predicted molar refractivity (Wildman–Crippen MR) is 91.8 cm³/mol. The molecule has 14 heteroatoms. The molecule has 2 aromatic carbocycles. The number of nitrogens with one attached hydrogen (secondary N) is 1. The van der Waals surface area contributed by atoms with E-state index < -0.39 is 50.8 Å². The van der Waals surface area contributed by atoms with Crippen molar-refractivity contribution in [3.8, 4) is 5.75 Å². The van der Waals surface area contributed by atoms with Gasteiger partial charge >= 0.3 is 12.4 Å². The molecule has 0 spiro atoms. The minimum Gasteiger partial charge on any atom is -0.429 e. The summed E-state index contributed by atoms with van der Waals surface area (Å²) in [6.45, 7) is 0.137. The lowest BCUT2D eigenvalue weighted by molar-refractivity contribution is -0.376. The van der Waals surface area contributed by atoms with Crippen LogP contribution in [-0.2, 0) is 26.2 Å². The number of halogens is 7. The topological polar surface area (TPSA) is 92.7 Å². The lowest BCUT2D eigenvalue weighted by atomic mass is 9.92. The summed E-state index contributed by atoms with van der Waals surface area (Å²) in [5, 5.41) is 9.27. The lowest BCUT2D eigenvalue weighted by Crippen LogP contribution is -2.54. The number of hydrogen-bond donors (Lipinski definition) is 2. The van der Waals surface area contributed by atoms with E-state index in [0.717, 1.165) is 0 Å². The summed E-state index contributed by atoms with van der Waals surface area (Å²) in [6, 6.07) is 5.19. The Morgan fingerprint density at radius 2 is 1.52 bits per heavy atom. The van der Waals surface area contributed by atoms with E-state index >= 15 is 0 Å². The molecule has 0 unspecified atom stereocenters. The van der Waals surface area contributed by atoms with E-state index in [-0.39, 0.29) is 29.9 Å². The number of hydrogen-bond acceptors (Lipinski definition) is 5. The molecular weight excluding hydrogens is 463 g/mol. The molecule has 31 heavy (non-hydrogen) atoms. The van der Waals surface area contributed by atoms with Crippen LogP contribution in [0.5, 0.6) is 5.75 Å². The quantitative estimate of drug-likeness (QED) is 0.472. The van der Waals surface area contributed by atoms with Crippen LogP contribution in [0.4, 0.5) is 36.4 Å². The van der Waals surface area contributed by atoms with Crippen molar-refractivity contribution in [2.45, 2.75) is 23.7 Å². The summed E-state index contributed by atoms with van der Waals surface area (Å²) in [5.74, 6) is -2.42. The third-order valence-corrected chi connectivity index (χ3v) is 5.18. The fourth-order valence-electron chi connectivity index (χ4n) is 2.45. The smallest absolute Gasteiger partial charge is 0.429 e. The van der Waals surface area contributed by atoms with E-state index in [9.17, 15) is 49.1 Å². The summed E-state index contributed by atoms with van der Waals surface area (Å²) in [6.07, 6.45) is -12.4. The molecular formula is C17H12F7NO5S. The van der Waals surface area contributed by atoms with Gasteiger partial charge in [-0.2, -0.15) is 26.3 Å². The number of sulfonamides is 1. The minimum absolute atomic E-state index is 0.104. The van der Waals surface area contributed by atoms with Crippen molar-refractivity contribution in [2.75, 3.05) is 4.72 Å². The molecule has 0 saturated heterocycles. The zero-order chi connectivity index (χ0) is 23.7. The minimum atomic E-state index is -6.22. The third kappa shape index (κ3) is 5.25. The molecule has 0 fully saturated rings. The monoisotopic (exact) mass is 475 g/mol. The van der Waals surface area contributed by atoms with Crippen LogP contribution in [0.3, 0.4) is 0 Å². The SMILES string of the molecule is O=COc1ccc(CS(=O)(=O)Nc2ccc(C(O)(C(F)(F)F)C(F)(F)F)cc2F)cc1. The van der Waals surface area contributed by atoms with E-state index in [0.29, 0.717) is 6.07 Å².